The van der Waals surface area contributed by atoms with Gasteiger partial charge in [-0.05, 0) is 37.5 Å². The van der Waals surface area contributed by atoms with Gasteiger partial charge in [-0.2, -0.15) is 0 Å². The largest absolute Gasteiger partial charge is 0.326 e. The number of aromatic nitrogens is 2. The highest BCUT2D eigenvalue weighted by Crippen LogP contribution is 2.25. The lowest BCUT2D eigenvalue weighted by atomic mass is 10.0. The van der Waals surface area contributed by atoms with Crippen LogP contribution in [0.3, 0.4) is 0 Å². The quantitative estimate of drug-likeness (QED) is 0.843. The molecular weight excluding hydrogens is 206 g/mol. The van der Waals surface area contributed by atoms with Gasteiger partial charge < -0.3 is 5.73 Å². The predicted octanol–water partition coefficient (Wildman–Crippen LogP) is 2.28. The smallest absolute Gasteiger partial charge is 0.110 e. The fourth-order valence-electron chi connectivity index (χ4n) is 1.67. The minimum atomic E-state index is 0.500. The van der Waals surface area contributed by atoms with Gasteiger partial charge in [0.1, 0.15) is 5.69 Å². The van der Waals surface area contributed by atoms with Gasteiger partial charge in [-0.3, -0.25) is 0 Å². The van der Waals surface area contributed by atoms with Crippen molar-refractivity contribution in [2.75, 3.05) is 0 Å². The third-order valence-corrected chi connectivity index (χ3v) is 2.98. The van der Waals surface area contributed by atoms with Gasteiger partial charge in [-0.1, -0.05) is 21.7 Å². The van der Waals surface area contributed by atoms with Crippen LogP contribution in [0.1, 0.15) is 16.0 Å². The number of hydrogen-bond acceptors (Lipinski definition) is 4. The molecule has 3 nitrogen and oxygen atoms in total. The number of nitrogens with two attached hydrogens (primary N) is 1. The summed E-state index contributed by atoms with van der Waals surface area (Å²) in [5.74, 6) is 0. The van der Waals surface area contributed by atoms with Crippen molar-refractivity contribution in [2.24, 2.45) is 5.73 Å². The summed E-state index contributed by atoms with van der Waals surface area (Å²) in [5, 5.41) is 4.13. The Morgan fingerprint density at radius 3 is 2.47 bits per heavy atom. The van der Waals surface area contributed by atoms with Crippen molar-refractivity contribution < 1.29 is 0 Å². The van der Waals surface area contributed by atoms with Crippen LogP contribution in [0.25, 0.3) is 11.3 Å². The monoisotopic (exact) mass is 219 g/mol. The van der Waals surface area contributed by atoms with Crippen LogP contribution in [-0.4, -0.2) is 9.59 Å². The van der Waals surface area contributed by atoms with E-state index in [1.54, 1.807) is 0 Å². The third-order valence-electron chi connectivity index (χ3n) is 2.24. The van der Waals surface area contributed by atoms with E-state index in [0.717, 1.165) is 16.1 Å². The Kier molecular flexibility index (Phi) is 2.79. The molecule has 0 fully saturated rings. The van der Waals surface area contributed by atoms with Crippen molar-refractivity contribution in [1.29, 1.82) is 0 Å². The first-order chi connectivity index (χ1) is 7.20. The Balaban J connectivity index is 2.53. The molecule has 0 saturated heterocycles. The van der Waals surface area contributed by atoms with E-state index in [1.807, 2.05) is 0 Å². The first kappa shape index (κ1) is 10.3. The Labute approximate surface area is 93.1 Å². The fraction of sp³-hybridized carbons (Fsp3) is 0.273. The number of aryl methyl sites for hydroxylation is 2. The lowest BCUT2D eigenvalue weighted by Crippen LogP contribution is -1.96. The van der Waals surface area contributed by atoms with Crippen LogP contribution < -0.4 is 5.73 Å². The molecular formula is C11H13N3S. The average molecular weight is 219 g/mol. The van der Waals surface area contributed by atoms with Gasteiger partial charge in [0.15, 0.2) is 0 Å². The molecule has 1 heterocycles. The molecule has 1 aromatic heterocycles. The molecule has 2 aromatic rings. The second kappa shape index (κ2) is 4.08. The lowest BCUT2D eigenvalue weighted by Gasteiger charge is -2.03. The maximum atomic E-state index is 5.64. The molecule has 0 bridgehead atoms. The van der Waals surface area contributed by atoms with Crippen molar-refractivity contribution in [1.82, 2.24) is 9.59 Å². The van der Waals surface area contributed by atoms with E-state index >= 15 is 0 Å². The molecule has 0 spiro atoms. The number of benzene rings is 1. The van der Waals surface area contributed by atoms with Gasteiger partial charge in [0, 0.05) is 12.1 Å². The maximum Gasteiger partial charge on any atom is 0.110 e. The molecule has 0 unspecified atom stereocenters. The SMILES string of the molecule is Cc1cc(C)cc(-c2nnsc2CN)c1. The summed E-state index contributed by atoms with van der Waals surface area (Å²) in [7, 11) is 0. The van der Waals surface area contributed by atoms with Crippen LogP contribution in [0.2, 0.25) is 0 Å². The van der Waals surface area contributed by atoms with E-state index in [2.05, 4.69) is 41.6 Å². The zero-order chi connectivity index (χ0) is 10.8. The van der Waals surface area contributed by atoms with E-state index in [4.69, 9.17) is 5.73 Å². The van der Waals surface area contributed by atoms with Crippen molar-refractivity contribution in [3.05, 3.63) is 34.2 Å². The minimum absolute atomic E-state index is 0.500. The molecule has 0 aliphatic carbocycles. The molecule has 0 aliphatic heterocycles. The van der Waals surface area contributed by atoms with Crippen LogP contribution in [0.4, 0.5) is 0 Å². The second-order valence-corrected chi connectivity index (χ2v) is 4.46. The Hall–Kier alpha value is -1.26. The van der Waals surface area contributed by atoms with Gasteiger partial charge in [0.05, 0.1) is 4.88 Å². The first-order valence-electron chi connectivity index (χ1n) is 4.80. The Morgan fingerprint density at radius 1 is 1.20 bits per heavy atom. The predicted molar refractivity (Wildman–Crippen MR) is 62.7 cm³/mol. The standard InChI is InChI=1S/C11H13N3S/c1-7-3-8(2)5-9(4-7)11-10(6-12)15-14-13-11/h3-5H,6,12H2,1-2H3. The van der Waals surface area contributed by atoms with Crippen LogP contribution >= 0.6 is 11.5 Å². The molecule has 2 rings (SSSR count). The van der Waals surface area contributed by atoms with Crippen molar-refractivity contribution >= 4 is 11.5 Å². The van der Waals surface area contributed by atoms with Gasteiger partial charge in [0.2, 0.25) is 0 Å². The topological polar surface area (TPSA) is 51.8 Å². The van der Waals surface area contributed by atoms with E-state index in [-0.39, 0.29) is 0 Å². The van der Waals surface area contributed by atoms with Gasteiger partial charge >= 0.3 is 0 Å². The summed E-state index contributed by atoms with van der Waals surface area (Å²) in [6, 6.07) is 6.37. The number of nitrogens with zero attached hydrogens (tertiary/aromatic N) is 2. The van der Waals surface area contributed by atoms with Crippen LogP contribution in [-0.2, 0) is 6.54 Å². The molecule has 2 N–H and O–H groups in total. The van der Waals surface area contributed by atoms with E-state index in [0.29, 0.717) is 6.54 Å². The normalized spacial score (nSPS) is 10.6. The van der Waals surface area contributed by atoms with E-state index in [9.17, 15) is 0 Å². The average Bonchev–Trinajstić information content (AvgIpc) is 2.63. The van der Waals surface area contributed by atoms with Crippen molar-refractivity contribution in [2.45, 2.75) is 20.4 Å². The molecule has 4 heteroatoms. The van der Waals surface area contributed by atoms with Crippen molar-refractivity contribution in [3.63, 3.8) is 0 Å². The zero-order valence-electron chi connectivity index (χ0n) is 8.82. The summed E-state index contributed by atoms with van der Waals surface area (Å²) in [6.45, 7) is 4.66. The number of rotatable bonds is 2. The van der Waals surface area contributed by atoms with E-state index in [1.165, 1.54) is 22.7 Å². The van der Waals surface area contributed by atoms with Gasteiger partial charge in [0.25, 0.3) is 0 Å². The Morgan fingerprint density at radius 2 is 1.87 bits per heavy atom. The third kappa shape index (κ3) is 2.06. The summed E-state index contributed by atoms with van der Waals surface area (Å²) >= 11 is 1.37. The van der Waals surface area contributed by atoms with Gasteiger partial charge in [-0.25, -0.2) is 0 Å². The minimum Gasteiger partial charge on any atom is -0.326 e. The summed E-state index contributed by atoms with van der Waals surface area (Å²) < 4.78 is 3.94. The molecule has 0 amide bonds. The molecule has 0 aliphatic rings. The molecule has 0 saturated carbocycles. The molecule has 0 radical (unpaired) electrons. The summed E-state index contributed by atoms with van der Waals surface area (Å²) in [5.41, 5.74) is 10.2. The van der Waals surface area contributed by atoms with Crippen molar-refractivity contribution in [3.8, 4) is 11.3 Å². The van der Waals surface area contributed by atoms with Crippen LogP contribution in [0.15, 0.2) is 18.2 Å². The van der Waals surface area contributed by atoms with E-state index < -0.39 is 0 Å². The summed E-state index contributed by atoms with van der Waals surface area (Å²) in [6.07, 6.45) is 0. The second-order valence-electron chi connectivity index (χ2n) is 3.63. The van der Waals surface area contributed by atoms with Gasteiger partial charge in [-0.15, -0.1) is 5.10 Å². The first-order valence-corrected chi connectivity index (χ1v) is 5.58. The van der Waals surface area contributed by atoms with Crippen LogP contribution in [0.5, 0.6) is 0 Å². The van der Waals surface area contributed by atoms with Crippen LogP contribution in [0, 0.1) is 13.8 Å². The molecule has 1 aromatic carbocycles. The zero-order valence-corrected chi connectivity index (χ0v) is 9.64. The fourth-order valence-corrected chi connectivity index (χ4v) is 2.21. The molecule has 78 valence electrons. The summed E-state index contributed by atoms with van der Waals surface area (Å²) in [4.78, 5) is 1.04. The number of hydrogen-bond donors (Lipinski definition) is 1. The highest BCUT2D eigenvalue weighted by atomic mass is 32.1. The lowest BCUT2D eigenvalue weighted by molar-refractivity contribution is 1.08. The molecule has 15 heavy (non-hydrogen) atoms. The molecule has 0 atom stereocenters. The Bertz CT molecular complexity index is 456. The highest BCUT2D eigenvalue weighted by molar-refractivity contribution is 7.05. The maximum absolute atomic E-state index is 5.64. The highest BCUT2D eigenvalue weighted by Gasteiger charge is 2.09.